The van der Waals surface area contributed by atoms with Crippen molar-refractivity contribution in [3.05, 3.63) is 41.6 Å². The fraction of sp³-hybridized carbons (Fsp3) is 0.522. The third-order valence-electron chi connectivity index (χ3n) is 5.98. The van der Waals surface area contributed by atoms with Crippen LogP contribution in [-0.2, 0) is 4.74 Å². The van der Waals surface area contributed by atoms with Gasteiger partial charge >= 0.3 is 6.18 Å². The molecule has 1 aromatic heterocycles. The zero-order chi connectivity index (χ0) is 23.3. The first-order valence-corrected chi connectivity index (χ1v) is 11.4. The summed E-state index contributed by atoms with van der Waals surface area (Å²) >= 11 is 0. The predicted octanol–water partition coefficient (Wildman–Crippen LogP) is 4.45. The summed E-state index contributed by atoms with van der Waals surface area (Å²) in [4.78, 5) is 10.6. The number of ether oxygens (including phenoxy) is 1. The minimum atomic E-state index is -4.37. The van der Waals surface area contributed by atoms with Crippen LogP contribution < -0.4 is 15.5 Å². The smallest absolute Gasteiger partial charge is 0.378 e. The molecule has 2 aromatic rings. The second-order valence-electron chi connectivity index (χ2n) is 8.43. The zero-order valence-corrected chi connectivity index (χ0v) is 18.4. The Morgan fingerprint density at radius 2 is 1.79 bits per heavy atom. The minimum absolute atomic E-state index is 0.107. The van der Waals surface area contributed by atoms with E-state index in [1.165, 1.54) is 12.6 Å². The lowest BCUT2D eigenvalue weighted by molar-refractivity contribution is -0.115. The first-order chi connectivity index (χ1) is 15.9. The average molecular weight is 463 g/mol. The molecule has 0 bridgehead atoms. The lowest BCUT2D eigenvalue weighted by Gasteiger charge is -2.29. The number of benzene rings is 1. The van der Waals surface area contributed by atoms with Crippen molar-refractivity contribution in [2.75, 3.05) is 48.4 Å². The average Bonchev–Trinajstić information content (AvgIpc) is 2.83. The SMILES string of the molecule is N=C(c1ccc(N2CCOCC2)cc1)c1cnc(NCC(F)(F)F)nc1NC1CCCCC1. The topological polar surface area (TPSA) is 86.2 Å². The van der Waals surface area contributed by atoms with Crippen LogP contribution in [0, 0.1) is 5.41 Å². The highest BCUT2D eigenvalue weighted by Gasteiger charge is 2.27. The van der Waals surface area contributed by atoms with Crippen molar-refractivity contribution >= 4 is 23.2 Å². The summed E-state index contributed by atoms with van der Waals surface area (Å²) in [5.41, 5.74) is 2.46. The molecule has 2 aliphatic rings. The van der Waals surface area contributed by atoms with Gasteiger partial charge in [-0.05, 0) is 25.0 Å². The van der Waals surface area contributed by atoms with Gasteiger partial charge < -0.3 is 20.3 Å². The van der Waals surface area contributed by atoms with Crippen LogP contribution in [0.2, 0.25) is 0 Å². The fourth-order valence-electron chi connectivity index (χ4n) is 4.20. The Morgan fingerprint density at radius 3 is 2.45 bits per heavy atom. The first-order valence-electron chi connectivity index (χ1n) is 11.4. The Labute approximate surface area is 191 Å². The van der Waals surface area contributed by atoms with Crippen LogP contribution >= 0.6 is 0 Å². The van der Waals surface area contributed by atoms with Gasteiger partial charge in [0.05, 0.1) is 24.5 Å². The Morgan fingerprint density at radius 1 is 1.09 bits per heavy atom. The van der Waals surface area contributed by atoms with Crippen LogP contribution in [0.1, 0.15) is 43.2 Å². The van der Waals surface area contributed by atoms with Gasteiger partial charge in [-0.25, -0.2) is 4.98 Å². The Hall–Kier alpha value is -2.88. The number of hydrogen-bond acceptors (Lipinski definition) is 7. The van der Waals surface area contributed by atoms with Gasteiger partial charge in [0.2, 0.25) is 5.95 Å². The van der Waals surface area contributed by atoms with E-state index in [0.717, 1.165) is 44.5 Å². The number of aromatic nitrogens is 2. The number of hydrogen-bond donors (Lipinski definition) is 3. The summed E-state index contributed by atoms with van der Waals surface area (Å²) in [6.07, 6.45) is 2.36. The van der Waals surface area contributed by atoms with Gasteiger partial charge in [-0.3, -0.25) is 5.41 Å². The highest BCUT2D eigenvalue weighted by molar-refractivity contribution is 6.13. The summed E-state index contributed by atoms with van der Waals surface area (Å²) in [6.45, 7) is 1.83. The van der Waals surface area contributed by atoms with E-state index in [9.17, 15) is 13.2 Å². The second kappa shape index (κ2) is 10.4. The van der Waals surface area contributed by atoms with E-state index in [0.29, 0.717) is 30.2 Å². The molecule has 1 saturated heterocycles. The Bertz CT molecular complexity index is 938. The molecule has 1 aromatic carbocycles. The van der Waals surface area contributed by atoms with Gasteiger partial charge in [0.25, 0.3) is 0 Å². The zero-order valence-electron chi connectivity index (χ0n) is 18.4. The largest absolute Gasteiger partial charge is 0.405 e. The first kappa shape index (κ1) is 23.3. The van der Waals surface area contributed by atoms with Crippen molar-refractivity contribution in [3.8, 4) is 0 Å². The highest BCUT2D eigenvalue weighted by Crippen LogP contribution is 2.26. The van der Waals surface area contributed by atoms with Gasteiger partial charge in [-0.2, -0.15) is 18.2 Å². The molecule has 0 amide bonds. The Balaban J connectivity index is 1.55. The van der Waals surface area contributed by atoms with E-state index in [4.69, 9.17) is 10.1 Å². The number of halogens is 3. The molecule has 0 unspecified atom stereocenters. The van der Waals surface area contributed by atoms with E-state index >= 15 is 0 Å². The molecule has 0 radical (unpaired) electrons. The number of rotatable bonds is 7. The van der Waals surface area contributed by atoms with Crippen LogP contribution in [0.15, 0.2) is 30.5 Å². The lowest BCUT2D eigenvalue weighted by atomic mass is 9.95. The number of morpholine rings is 1. The second-order valence-corrected chi connectivity index (χ2v) is 8.43. The summed E-state index contributed by atoms with van der Waals surface area (Å²) in [7, 11) is 0. The van der Waals surface area contributed by atoms with E-state index in [-0.39, 0.29) is 17.7 Å². The summed E-state index contributed by atoms with van der Waals surface area (Å²) in [5, 5.41) is 14.4. The molecule has 33 heavy (non-hydrogen) atoms. The standard InChI is InChI=1S/C23H29F3N6O/c24-23(25,26)15-29-22-28-14-19(21(31-22)30-17-4-2-1-3-5-17)20(27)16-6-8-18(9-7-16)32-10-12-33-13-11-32/h6-9,14,17,27H,1-5,10-13,15H2,(H2,28,29,30,31). The van der Waals surface area contributed by atoms with E-state index in [1.807, 2.05) is 24.3 Å². The third-order valence-corrected chi connectivity index (χ3v) is 5.98. The predicted molar refractivity (Wildman–Crippen MR) is 122 cm³/mol. The maximum Gasteiger partial charge on any atom is 0.405 e. The van der Waals surface area contributed by atoms with Crippen LogP contribution in [0.4, 0.5) is 30.6 Å². The van der Waals surface area contributed by atoms with Gasteiger partial charge in [0, 0.05) is 36.6 Å². The molecule has 0 spiro atoms. The van der Waals surface area contributed by atoms with Crippen LogP contribution in [0.25, 0.3) is 0 Å². The van der Waals surface area contributed by atoms with E-state index in [1.54, 1.807) is 0 Å². The number of nitrogens with one attached hydrogen (secondary N) is 3. The van der Waals surface area contributed by atoms with Crippen LogP contribution in [0.5, 0.6) is 0 Å². The molecule has 3 N–H and O–H groups in total. The highest BCUT2D eigenvalue weighted by atomic mass is 19.4. The van der Waals surface area contributed by atoms with E-state index in [2.05, 4.69) is 25.5 Å². The number of anilines is 3. The Kier molecular flexibility index (Phi) is 7.32. The normalized spacial score (nSPS) is 17.6. The third kappa shape index (κ3) is 6.34. The molecule has 2 heterocycles. The summed E-state index contributed by atoms with van der Waals surface area (Å²) in [6, 6.07) is 7.90. The van der Waals surface area contributed by atoms with Gasteiger partial charge in [-0.15, -0.1) is 0 Å². The molecule has 0 atom stereocenters. The lowest BCUT2D eigenvalue weighted by Crippen LogP contribution is -2.36. The maximum absolute atomic E-state index is 12.6. The molecule has 178 valence electrons. The molecule has 10 heteroatoms. The van der Waals surface area contributed by atoms with Gasteiger partial charge in [0.15, 0.2) is 0 Å². The van der Waals surface area contributed by atoms with Gasteiger partial charge in [-0.1, -0.05) is 31.4 Å². The monoisotopic (exact) mass is 462 g/mol. The van der Waals surface area contributed by atoms with Crippen molar-refractivity contribution in [2.24, 2.45) is 0 Å². The van der Waals surface area contributed by atoms with Gasteiger partial charge in [0.1, 0.15) is 12.4 Å². The molecule has 2 fully saturated rings. The van der Waals surface area contributed by atoms with Crippen LogP contribution in [0.3, 0.4) is 0 Å². The fourth-order valence-corrected chi connectivity index (χ4v) is 4.20. The quantitative estimate of drug-likeness (QED) is 0.527. The molecule has 1 saturated carbocycles. The maximum atomic E-state index is 12.6. The van der Waals surface area contributed by atoms with E-state index < -0.39 is 12.7 Å². The minimum Gasteiger partial charge on any atom is -0.378 e. The molecular formula is C23H29F3N6O. The molecule has 1 aliphatic carbocycles. The number of nitrogens with zero attached hydrogens (tertiary/aromatic N) is 3. The summed E-state index contributed by atoms with van der Waals surface area (Å²) in [5.74, 6) is 0.286. The van der Waals surface area contributed by atoms with Crippen molar-refractivity contribution in [1.82, 2.24) is 9.97 Å². The van der Waals surface area contributed by atoms with Crippen LogP contribution in [-0.4, -0.2) is 60.7 Å². The van der Waals surface area contributed by atoms with Crippen molar-refractivity contribution < 1.29 is 17.9 Å². The molecule has 4 rings (SSSR count). The van der Waals surface area contributed by atoms with Crippen molar-refractivity contribution in [1.29, 1.82) is 5.41 Å². The van der Waals surface area contributed by atoms with Crippen molar-refractivity contribution in [2.45, 2.75) is 44.3 Å². The molecular weight excluding hydrogens is 433 g/mol. The number of alkyl halides is 3. The summed E-state index contributed by atoms with van der Waals surface area (Å²) < 4.78 is 43.3. The molecule has 7 nitrogen and oxygen atoms in total. The molecule has 1 aliphatic heterocycles. The van der Waals surface area contributed by atoms with Crippen molar-refractivity contribution in [3.63, 3.8) is 0 Å².